The molecule has 18 heavy (non-hydrogen) atoms. The summed E-state index contributed by atoms with van der Waals surface area (Å²) in [5, 5.41) is 3.42. The first-order chi connectivity index (χ1) is 8.40. The molecule has 0 bridgehead atoms. The van der Waals surface area contributed by atoms with E-state index in [4.69, 9.17) is 5.73 Å². The third kappa shape index (κ3) is 2.79. The number of hydrogen-bond donors (Lipinski definition) is 2. The predicted molar refractivity (Wildman–Crippen MR) is 78.2 cm³/mol. The largest absolute Gasteiger partial charge is 0.397 e. The van der Waals surface area contributed by atoms with Gasteiger partial charge in [0.2, 0.25) is 0 Å². The number of rotatable bonds is 2. The van der Waals surface area contributed by atoms with Gasteiger partial charge in [-0.1, -0.05) is 26.7 Å². The van der Waals surface area contributed by atoms with E-state index in [-0.39, 0.29) is 11.2 Å². The maximum Gasteiger partial charge on any atom is 0.139 e. The van der Waals surface area contributed by atoms with E-state index >= 15 is 0 Å². The van der Waals surface area contributed by atoms with Gasteiger partial charge in [0.25, 0.3) is 0 Å². The van der Waals surface area contributed by atoms with Crippen LogP contribution in [0.15, 0.2) is 16.6 Å². The van der Waals surface area contributed by atoms with Crippen LogP contribution in [0.3, 0.4) is 0 Å². The lowest BCUT2D eigenvalue weighted by molar-refractivity contribution is 0.217. The van der Waals surface area contributed by atoms with Crippen molar-refractivity contribution in [3.63, 3.8) is 0 Å². The molecule has 3 N–H and O–H groups in total. The lowest BCUT2D eigenvalue weighted by Crippen LogP contribution is -2.39. The van der Waals surface area contributed by atoms with E-state index in [1.165, 1.54) is 25.3 Å². The van der Waals surface area contributed by atoms with E-state index in [2.05, 4.69) is 35.1 Å². The van der Waals surface area contributed by atoms with Crippen LogP contribution < -0.4 is 11.1 Å². The Bertz CT molecular complexity index is 446. The topological polar surface area (TPSA) is 38.0 Å². The molecule has 0 aliphatic heterocycles. The van der Waals surface area contributed by atoms with Gasteiger partial charge in [0.1, 0.15) is 5.82 Å². The Kier molecular flexibility index (Phi) is 3.85. The van der Waals surface area contributed by atoms with Gasteiger partial charge in [-0.2, -0.15) is 0 Å². The molecule has 2 rings (SSSR count). The van der Waals surface area contributed by atoms with E-state index in [1.54, 1.807) is 6.07 Å². The highest BCUT2D eigenvalue weighted by Crippen LogP contribution is 2.38. The first-order valence-corrected chi connectivity index (χ1v) is 7.20. The van der Waals surface area contributed by atoms with Crippen LogP contribution in [0.4, 0.5) is 15.8 Å². The minimum atomic E-state index is -0.277. The lowest BCUT2D eigenvalue weighted by Gasteiger charge is -2.39. The number of benzene rings is 1. The van der Waals surface area contributed by atoms with Gasteiger partial charge in [0.05, 0.1) is 15.8 Å². The van der Waals surface area contributed by atoms with E-state index in [0.29, 0.717) is 21.9 Å². The fourth-order valence-electron chi connectivity index (χ4n) is 2.64. The van der Waals surface area contributed by atoms with E-state index in [0.717, 1.165) is 6.42 Å². The van der Waals surface area contributed by atoms with Gasteiger partial charge in [0, 0.05) is 12.1 Å². The van der Waals surface area contributed by atoms with Crippen molar-refractivity contribution in [2.45, 2.75) is 45.6 Å². The van der Waals surface area contributed by atoms with Gasteiger partial charge in [-0.15, -0.1) is 0 Å². The molecule has 1 unspecified atom stereocenters. The van der Waals surface area contributed by atoms with Crippen LogP contribution >= 0.6 is 15.9 Å². The smallest absolute Gasteiger partial charge is 0.139 e. The second kappa shape index (κ2) is 5.08. The normalized spacial score (nSPS) is 22.8. The van der Waals surface area contributed by atoms with Crippen molar-refractivity contribution >= 4 is 27.3 Å². The van der Waals surface area contributed by atoms with Crippen molar-refractivity contribution < 1.29 is 4.39 Å². The summed E-state index contributed by atoms with van der Waals surface area (Å²) in [5.74, 6) is -0.277. The molecule has 1 aromatic rings. The molecule has 4 heteroatoms. The van der Waals surface area contributed by atoms with Gasteiger partial charge in [0.15, 0.2) is 0 Å². The summed E-state index contributed by atoms with van der Waals surface area (Å²) in [4.78, 5) is 0. The van der Waals surface area contributed by atoms with Crippen LogP contribution in [0.5, 0.6) is 0 Å². The number of nitrogens with one attached hydrogen (secondary N) is 1. The Hall–Kier alpha value is -0.770. The number of nitrogen functional groups attached to an aromatic ring is 1. The highest BCUT2D eigenvalue weighted by molar-refractivity contribution is 9.10. The first-order valence-electron chi connectivity index (χ1n) is 6.41. The molecule has 100 valence electrons. The zero-order valence-corrected chi connectivity index (χ0v) is 12.5. The first kappa shape index (κ1) is 13.7. The van der Waals surface area contributed by atoms with Crippen LogP contribution in [0, 0.1) is 11.2 Å². The molecule has 1 atom stereocenters. The maximum absolute atomic E-state index is 13.6. The third-order valence-corrected chi connectivity index (χ3v) is 4.54. The second-order valence-corrected chi connectivity index (χ2v) is 6.64. The Labute approximate surface area is 116 Å². The Morgan fingerprint density at radius 1 is 1.39 bits per heavy atom. The summed E-state index contributed by atoms with van der Waals surface area (Å²) in [6.07, 6.45) is 4.81. The number of anilines is 2. The summed E-state index contributed by atoms with van der Waals surface area (Å²) in [5.41, 5.74) is 7.46. The van der Waals surface area contributed by atoms with E-state index < -0.39 is 0 Å². The summed E-state index contributed by atoms with van der Waals surface area (Å²) < 4.78 is 14.0. The molecule has 1 aromatic carbocycles. The standard InChI is InChI=1S/C14H20BrFN2/c1-14(2)6-4-3-5-13(14)18-12-8-10(16)9(15)7-11(12)17/h7-8,13,18H,3-6,17H2,1-2H3. The van der Waals surface area contributed by atoms with Crippen LogP contribution in [0.25, 0.3) is 0 Å². The molecule has 0 heterocycles. The summed E-state index contributed by atoms with van der Waals surface area (Å²) in [6, 6.07) is 3.45. The average molecular weight is 315 g/mol. The van der Waals surface area contributed by atoms with Crippen molar-refractivity contribution in [1.29, 1.82) is 0 Å². The molecule has 0 radical (unpaired) electrons. The molecule has 1 aliphatic rings. The number of hydrogen-bond acceptors (Lipinski definition) is 2. The number of halogens is 2. The molecule has 0 aromatic heterocycles. The molecule has 1 saturated carbocycles. The Morgan fingerprint density at radius 3 is 2.78 bits per heavy atom. The molecule has 1 fully saturated rings. The highest BCUT2D eigenvalue weighted by Gasteiger charge is 2.32. The molecular formula is C14H20BrFN2. The molecule has 0 amide bonds. The van der Waals surface area contributed by atoms with Crippen molar-refractivity contribution in [3.8, 4) is 0 Å². The molecule has 1 aliphatic carbocycles. The summed E-state index contributed by atoms with van der Waals surface area (Å²) in [6.45, 7) is 4.52. The second-order valence-electron chi connectivity index (χ2n) is 5.78. The average Bonchev–Trinajstić information content (AvgIpc) is 2.28. The van der Waals surface area contributed by atoms with Gasteiger partial charge in [-0.05, 0) is 40.3 Å². The van der Waals surface area contributed by atoms with Crippen LogP contribution in [-0.2, 0) is 0 Å². The van der Waals surface area contributed by atoms with Gasteiger partial charge < -0.3 is 11.1 Å². The zero-order chi connectivity index (χ0) is 13.3. The van der Waals surface area contributed by atoms with Crippen molar-refractivity contribution in [3.05, 3.63) is 22.4 Å². The molecule has 2 nitrogen and oxygen atoms in total. The van der Waals surface area contributed by atoms with Crippen molar-refractivity contribution in [2.75, 3.05) is 11.1 Å². The van der Waals surface area contributed by atoms with Crippen molar-refractivity contribution in [2.24, 2.45) is 5.41 Å². The molecule has 0 spiro atoms. The minimum Gasteiger partial charge on any atom is -0.397 e. The van der Waals surface area contributed by atoms with Gasteiger partial charge in [-0.3, -0.25) is 0 Å². The summed E-state index contributed by atoms with van der Waals surface area (Å²) in [7, 11) is 0. The van der Waals surface area contributed by atoms with Gasteiger partial charge >= 0.3 is 0 Å². The Balaban J connectivity index is 2.20. The van der Waals surface area contributed by atoms with E-state index in [9.17, 15) is 4.39 Å². The Morgan fingerprint density at radius 2 is 2.11 bits per heavy atom. The monoisotopic (exact) mass is 314 g/mol. The van der Waals surface area contributed by atoms with E-state index in [1.807, 2.05) is 0 Å². The fourth-order valence-corrected chi connectivity index (χ4v) is 3.00. The van der Waals surface area contributed by atoms with Crippen LogP contribution in [0.1, 0.15) is 39.5 Å². The highest BCUT2D eigenvalue weighted by atomic mass is 79.9. The van der Waals surface area contributed by atoms with Crippen LogP contribution in [-0.4, -0.2) is 6.04 Å². The quantitative estimate of drug-likeness (QED) is 0.786. The predicted octanol–water partition coefficient (Wildman–Crippen LogP) is 4.55. The summed E-state index contributed by atoms with van der Waals surface area (Å²) >= 11 is 3.15. The minimum absolute atomic E-state index is 0.230. The van der Waals surface area contributed by atoms with Crippen molar-refractivity contribution in [1.82, 2.24) is 0 Å². The lowest BCUT2D eigenvalue weighted by atomic mass is 9.73. The fraction of sp³-hybridized carbons (Fsp3) is 0.571. The SMILES string of the molecule is CC1(C)CCCCC1Nc1cc(F)c(Br)cc1N. The number of nitrogens with two attached hydrogens (primary N) is 1. The molecule has 0 saturated heterocycles. The zero-order valence-electron chi connectivity index (χ0n) is 10.9. The van der Waals surface area contributed by atoms with Gasteiger partial charge in [-0.25, -0.2) is 4.39 Å². The van der Waals surface area contributed by atoms with Crippen LogP contribution in [0.2, 0.25) is 0 Å². The third-order valence-electron chi connectivity index (χ3n) is 3.93. The molecular weight excluding hydrogens is 295 g/mol. The maximum atomic E-state index is 13.6.